The molecule has 1 saturated carbocycles. The predicted molar refractivity (Wildman–Crippen MR) is 70.8 cm³/mol. The highest BCUT2D eigenvalue weighted by Gasteiger charge is 2.30. The molecule has 1 aliphatic carbocycles. The van der Waals surface area contributed by atoms with Crippen molar-refractivity contribution >= 4 is 9.76 Å². The molecule has 1 aromatic rings. The van der Waals surface area contributed by atoms with E-state index in [1.807, 2.05) is 24.3 Å². The summed E-state index contributed by atoms with van der Waals surface area (Å²) in [6.07, 6.45) is 6.66. The molecule has 2 radical (unpaired) electrons. The van der Waals surface area contributed by atoms with Crippen LogP contribution >= 0.6 is 0 Å². The Hall–Kier alpha value is -0.963. The minimum Gasteiger partial charge on any atom is -0.538 e. The first-order chi connectivity index (χ1) is 8.23. The molecule has 2 rings (SSSR count). The van der Waals surface area contributed by atoms with Crippen LogP contribution in [0.1, 0.15) is 39.0 Å². The van der Waals surface area contributed by atoms with E-state index in [2.05, 4.69) is 6.92 Å². The van der Waals surface area contributed by atoms with E-state index < -0.39 is 0 Å². The molecule has 3 heteroatoms. The van der Waals surface area contributed by atoms with E-state index in [1.165, 1.54) is 32.1 Å². The fraction of sp³-hybridized carbons (Fsp3) is 0.571. The Labute approximate surface area is 106 Å². The van der Waals surface area contributed by atoms with Crippen molar-refractivity contribution in [3.63, 3.8) is 0 Å². The number of methoxy groups -OCH3 is 1. The van der Waals surface area contributed by atoms with Crippen LogP contribution < -0.4 is 9.16 Å². The second kappa shape index (κ2) is 5.58. The van der Waals surface area contributed by atoms with Crippen LogP contribution in [0, 0.1) is 0 Å². The van der Waals surface area contributed by atoms with Crippen LogP contribution in [-0.2, 0) is 0 Å². The van der Waals surface area contributed by atoms with Crippen molar-refractivity contribution in [3.05, 3.63) is 24.3 Å². The van der Waals surface area contributed by atoms with Crippen molar-refractivity contribution in [1.82, 2.24) is 0 Å². The highest BCUT2D eigenvalue weighted by atomic mass is 28.2. The molecule has 0 aliphatic heterocycles. The normalized spacial score (nSPS) is 18.7. The van der Waals surface area contributed by atoms with E-state index in [1.54, 1.807) is 7.11 Å². The summed E-state index contributed by atoms with van der Waals surface area (Å²) in [4.78, 5) is 0. The Balaban J connectivity index is 1.96. The van der Waals surface area contributed by atoms with Crippen molar-refractivity contribution < 1.29 is 9.16 Å². The third-order valence-electron chi connectivity index (χ3n) is 3.43. The zero-order chi connectivity index (χ0) is 12.1. The highest BCUT2D eigenvalue weighted by Crippen LogP contribution is 2.42. The predicted octanol–water partition coefficient (Wildman–Crippen LogP) is 3.84. The summed E-state index contributed by atoms with van der Waals surface area (Å²) in [6.45, 7) is 2.35. The third-order valence-corrected chi connectivity index (χ3v) is 4.75. The van der Waals surface area contributed by atoms with Gasteiger partial charge in [-0.3, -0.25) is 0 Å². The Morgan fingerprint density at radius 1 is 1.06 bits per heavy atom. The molecule has 17 heavy (non-hydrogen) atoms. The standard InChI is InChI=1S/C14H20O2Si/c1-14(10-6-3-7-11-14)17-16-13-9-5-4-8-12(13)15-2/h4-5,8-9H,3,6-7,10-11H2,1-2H3. The first-order valence-corrected chi connectivity index (χ1v) is 7.21. The molecule has 0 unspecified atom stereocenters. The van der Waals surface area contributed by atoms with E-state index >= 15 is 0 Å². The quantitative estimate of drug-likeness (QED) is 0.754. The molecule has 2 nitrogen and oxygen atoms in total. The van der Waals surface area contributed by atoms with Gasteiger partial charge in [0.2, 0.25) is 0 Å². The minimum atomic E-state index is 0.374. The largest absolute Gasteiger partial charge is 0.538 e. The van der Waals surface area contributed by atoms with Gasteiger partial charge in [-0.1, -0.05) is 38.3 Å². The maximum absolute atomic E-state index is 5.97. The molecule has 92 valence electrons. The van der Waals surface area contributed by atoms with Crippen molar-refractivity contribution in [2.24, 2.45) is 0 Å². The lowest BCUT2D eigenvalue weighted by Gasteiger charge is -2.31. The van der Waals surface area contributed by atoms with Crippen LogP contribution in [0.4, 0.5) is 0 Å². The molecule has 0 amide bonds. The molecule has 0 spiro atoms. The van der Waals surface area contributed by atoms with Gasteiger partial charge in [-0.15, -0.1) is 0 Å². The second-order valence-electron chi connectivity index (χ2n) is 4.98. The van der Waals surface area contributed by atoms with E-state index in [-0.39, 0.29) is 0 Å². The summed E-state index contributed by atoms with van der Waals surface area (Å²) in [6, 6.07) is 7.89. The highest BCUT2D eigenvalue weighted by molar-refractivity contribution is 6.33. The number of ether oxygens (including phenoxy) is 1. The van der Waals surface area contributed by atoms with Gasteiger partial charge in [0.25, 0.3) is 0 Å². The fourth-order valence-corrected chi connectivity index (χ4v) is 3.40. The zero-order valence-electron chi connectivity index (χ0n) is 10.7. The summed E-state index contributed by atoms with van der Waals surface area (Å²) in [5.74, 6) is 1.71. The van der Waals surface area contributed by atoms with Crippen LogP contribution in [0.2, 0.25) is 5.04 Å². The van der Waals surface area contributed by atoms with Gasteiger partial charge in [-0.05, 0) is 30.0 Å². The maximum Gasteiger partial charge on any atom is 0.317 e. The van der Waals surface area contributed by atoms with Crippen LogP contribution in [0.3, 0.4) is 0 Å². The molecule has 0 aromatic heterocycles. The second-order valence-corrected chi connectivity index (χ2v) is 6.59. The molecule has 0 atom stereocenters. The third kappa shape index (κ3) is 3.25. The van der Waals surface area contributed by atoms with Gasteiger partial charge >= 0.3 is 9.76 Å². The Bertz CT molecular complexity index is 359. The average molecular weight is 248 g/mol. The number of hydrogen-bond acceptors (Lipinski definition) is 2. The average Bonchev–Trinajstić information content (AvgIpc) is 2.38. The van der Waals surface area contributed by atoms with Crippen LogP contribution in [0.25, 0.3) is 0 Å². The summed E-state index contributed by atoms with van der Waals surface area (Å²) in [5, 5.41) is 0.374. The SMILES string of the molecule is COc1ccccc1O[Si]C1(C)CCCCC1. The fourth-order valence-electron chi connectivity index (χ4n) is 2.32. The lowest BCUT2D eigenvalue weighted by Crippen LogP contribution is -2.24. The first-order valence-electron chi connectivity index (χ1n) is 6.31. The van der Waals surface area contributed by atoms with Gasteiger partial charge in [0.15, 0.2) is 5.75 Å². The number of benzene rings is 1. The van der Waals surface area contributed by atoms with Gasteiger partial charge in [0.05, 0.1) is 7.11 Å². The zero-order valence-corrected chi connectivity index (χ0v) is 11.7. The van der Waals surface area contributed by atoms with Gasteiger partial charge in [-0.25, -0.2) is 0 Å². The molecular formula is C14H20O2Si. The topological polar surface area (TPSA) is 18.5 Å². The molecule has 1 fully saturated rings. The molecule has 0 heterocycles. The van der Waals surface area contributed by atoms with Crippen LogP contribution in [-0.4, -0.2) is 16.9 Å². The van der Waals surface area contributed by atoms with Crippen LogP contribution in [0.5, 0.6) is 11.5 Å². The molecular weight excluding hydrogens is 228 g/mol. The maximum atomic E-state index is 5.97. The van der Waals surface area contributed by atoms with E-state index in [0.717, 1.165) is 11.5 Å². The lowest BCUT2D eigenvalue weighted by molar-refractivity contribution is 0.361. The minimum absolute atomic E-state index is 0.374. The van der Waals surface area contributed by atoms with Gasteiger partial charge < -0.3 is 9.16 Å². The lowest BCUT2D eigenvalue weighted by atomic mass is 9.90. The first kappa shape index (κ1) is 12.5. The van der Waals surface area contributed by atoms with Gasteiger partial charge in [-0.2, -0.15) is 0 Å². The van der Waals surface area contributed by atoms with E-state index in [0.29, 0.717) is 14.8 Å². The van der Waals surface area contributed by atoms with Crippen molar-refractivity contribution in [3.8, 4) is 11.5 Å². The summed E-state index contributed by atoms with van der Waals surface area (Å²) in [7, 11) is 2.22. The molecule has 0 saturated heterocycles. The van der Waals surface area contributed by atoms with E-state index in [9.17, 15) is 0 Å². The van der Waals surface area contributed by atoms with Gasteiger partial charge in [0, 0.05) is 0 Å². The van der Waals surface area contributed by atoms with Crippen LogP contribution in [0.15, 0.2) is 24.3 Å². The van der Waals surface area contributed by atoms with Gasteiger partial charge in [0.1, 0.15) is 5.75 Å². The Morgan fingerprint density at radius 2 is 1.71 bits per heavy atom. The molecule has 0 N–H and O–H groups in total. The Morgan fingerprint density at radius 3 is 2.35 bits per heavy atom. The van der Waals surface area contributed by atoms with Crippen molar-refractivity contribution in [1.29, 1.82) is 0 Å². The number of para-hydroxylation sites is 2. The Kier molecular flexibility index (Phi) is 4.10. The number of hydrogen-bond donors (Lipinski definition) is 0. The molecule has 1 aliphatic rings. The molecule has 1 aromatic carbocycles. The summed E-state index contributed by atoms with van der Waals surface area (Å²) in [5.41, 5.74) is 0. The van der Waals surface area contributed by atoms with Crippen molar-refractivity contribution in [2.45, 2.75) is 44.1 Å². The summed E-state index contributed by atoms with van der Waals surface area (Å²) >= 11 is 0. The molecule has 0 bridgehead atoms. The number of rotatable bonds is 4. The van der Waals surface area contributed by atoms with Crippen molar-refractivity contribution in [2.75, 3.05) is 7.11 Å². The monoisotopic (exact) mass is 248 g/mol. The summed E-state index contributed by atoms with van der Waals surface area (Å²) < 4.78 is 11.3. The smallest absolute Gasteiger partial charge is 0.317 e. The van der Waals surface area contributed by atoms with E-state index in [4.69, 9.17) is 9.16 Å².